The molecule has 0 bridgehead atoms. The van der Waals surface area contributed by atoms with Gasteiger partial charge in [0.1, 0.15) is 5.75 Å². The highest BCUT2D eigenvalue weighted by Gasteiger charge is 2.43. The van der Waals surface area contributed by atoms with Gasteiger partial charge >= 0.3 is 0 Å². The molecule has 3 rings (SSSR count). The Bertz CT molecular complexity index is 518. The third-order valence-electron chi connectivity index (χ3n) is 5.15. The van der Waals surface area contributed by atoms with E-state index in [-0.39, 0.29) is 17.4 Å². The van der Waals surface area contributed by atoms with Crippen molar-refractivity contribution in [1.29, 1.82) is 0 Å². The minimum atomic E-state index is -0.369. The van der Waals surface area contributed by atoms with Gasteiger partial charge in [-0.25, -0.2) is 0 Å². The Morgan fingerprint density at radius 1 is 1.32 bits per heavy atom. The Morgan fingerprint density at radius 2 is 2.14 bits per heavy atom. The maximum absolute atomic E-state index is 13.1. The standard InChI is InChI=1S/C18H26N2O2/c1-22-16-8-4-6-14(12-16)18(9-2-3-10-18)17(21)20-15-7-5-11-19-13-15/h4,6,8,12,15,19H,2-3,5,7,9-11,13H2,1H3,(H,20,21). The molecule has 1 aromatic rings. The molecule has 22 heavy (non-hydrogen) atoms. The molecule has 4 heteroatoms. The fourth-order valence-corrected chi connectivity index (χ4v) is 3.84. The second-order valence-electron chi connectivity index (χ2n) is 6.54. The van der Waals surface area contributed by atoms with Gasteiger partial charge in [-0.05, 0) is 49.9 Å². The van der Waals surface area contributed by atoms with Gasteiger partial charge in [0.05, 0.1) is 12.5 Å². The highest BCUT2D eigenvalue weighted by atomic mass is 16.5. The predicted molar refractivity (Wildman–Crippen MR) is 87.2 cm³/mol. The number of carbonyl (C=O) groups excluding carboxylic acids is 1. The van der Waals surface area contributed by atoms with E-state index in [9.17, 15) is 4.79 Å². The van der Waals surface area contributed by atoms with E-state index < -0.39 is 0 Å². The van der Waals surface area contributed by atoms with Crippen LogP contribution in [0.15, 0.2) is 24.3 Å². The number of amides is 1. The molecule has 1 unspecified atom stereocenters. The van der Waals surface area contributed by atoms with Crippen molar-refractivity contribution in [3.8, 4) is 5.75 Å². The van der Waals surface area contributed by atoms with E-state index in [1.165, 1.54) is 0 Å². The monoisotopic (exact) mass is 302 g/mol. The molecule has 2 aliphatic rings. The number of hydrogen-bond donors (Lipinski definition) is 2. The number of rotatable bonds is 4. The van der Waals surface area contributed by atoms with Crippen molar-refractivity contribution in [3.63, 3.8) is 0 Å². The van der Waals surface area contributed by atoms with Gasteiger partial charge in [0, 0.05) is 12.6 Å². The van der Waals surface area contributed by atoms with Crippen LogP contribution < -0.4 is 15.4 Å². The topological polar surface area (TPSA) is 50.4 Å². The number of hydrogen-bond acceptors (Lipinski definition) is 3. The number of methoxy groups -OCH3 is 1. The molecule has 1 aliphatic carbocycles. The van der Waals surface area contributed by atoms with E-state index in [0.717, 1.165) is 62.9 Å². The van der Waals surface area contributed by atoms with E-state index in [1.54, 1.807) is 7.11 Å². The molecule has 1 saturated carbocycles. The summed E-state index contributed by atoms with van der Waals surface area (Å²) in [7, 11) is 1.67. The molecule has 1 saturated heterocycles. The van der Waals surface area contributed by atoms with Crippen molar-refractivity contribution < 1.29 is 9.53 Å². The highest BCUT2D eigenvalue weighted by molar-refractivity contribution is 5.89. The van der Waals surface area contributed by atoms with Gasteiger partial charge < -0.3 is 15.4 Å². The second kappa shape index (κ2) is 6.69. The highest BCUT2D eigenvalue weighted by Crippen LogP contribution is 2.42. The number of piperidine rings is 1. The third-order valence-corrected chi connectivity index (χ3v) is 5.15. The predicted octanol–water partition coefficient (Wildman–Crippen LogP) is 2.38. The van der Waals surface area contributed by atoms with Crippen molar-refractivity contribution in [2.24, 2.45) is 0 Å². The summed E-state index contributed by atoms with van der Waals surface area (Å²) in [6.07, 6.45) is 6.32. The fraction of sp³-hybridized carbons (Fsp3) is 0.611. The Morgan fingerprint density at radius 3 is 2.82 bits per heavy atom. The SMILES string of the molecule is COc1cccc(C2(C(=O)NC3CCCNC3)CCCC2)c1. The van der Waals surface area contributed by atoms with Crippen molar-refractivity contribution in [3.05, 3.63) is 29.8 Å². The minimum absolute atomic E-state index is 0.201. The largest absolute Gasteiger partial charge is 0.497 e. The molecule has 1 aromatic carbocycles. The van der Waals surface area contributed by atoms with Crippen molar-refractivity contribution in [1.82, 2.24) is 10.6 Å². The smallest absolute Gasteiger partial charge is 0.230 e. The van der Waals surface area contributed by atoms with E-state index in [0.29, 0.717) is 0 Å². The van der Waals surface area contributed by atoms with Crippen LogP contribution in [0.4, 0.5) is 0 Å². The fourth-order valence-electron chi connectivity index (χ4n) is 3.84. The van der Waals surface area contributed by atoms with Crippen molar-refractivity contribution in [2.45, 2.75) is 50.0 Å². The first-order chi connectivity index (χ1) is 10.7. The first-order valence-electron chi connectivity index (χ1n) is 8.41. The average Bonchev–Trinajstić information content (AvgIpc) is 3.07. The summed E-state index contributed by atoms with van der Waals surface area (Å²) in [5.41, 5.74) is 0.733. The lowest BCUT2D eigenvalue weighted by molar-refractivity contribution is -0.127. The Labute approximate surface area is 132 Å². The zero-order valence-corrected chi connectivity index (χ0v) is 13.4. The number of nitrogens with one attached hydrogen (secondary N) is 2. The molecule has 1 amide bonds. The number of ether oxygens (including phenoxy) is 1. The van der Waals surface area contributed by atoms with Crippen molar-refractivity contribution in [2.75, 3.05) is 20.2 Å². The molecule has 0 radical (unpaired) electrons. The summed E-state index contributed by atoms with van der Waals surface area (Å²) in [4.78, 5) is 13.1. The Kier molecular flexibility index (Phi) is 4.67. The van der Waals surface area contributed by atoms with Gasteiger partial charge in [-0.2, -0.15) is 0 Å². The lowest BCUT2D eigenvalue weighted by Crippen LogP contribution is -2.51. The van der Waals surface area contributed by atoms with Gasteiger partial charge in [0.25, 0.3) is 0 Å². The zero-order chi connectivity index (χ0) is 15.4. The van der Waals surface area contributed by atoms with Crippen LogP contribution in [0.5, 0.6) is 5.75 Å². The van der Waals surface area contributed by atoms with Gasteiger partial charge in [-0.1, -0.05) is 25.0 Å². The molecular formula is C18H26N2O2. The van der Waals surface area contributed by atoms with Gasteiger partial charge in [-0.15, -0.1) is 0 Å². The molecule has 2 fully saturated rings. The van der Waals surface area contributed by atoms with Crippen LogP contribution in [0.25, 0.3) is 0 Å². The maximum atomic E-state index is 13.1. The summed E-state index contributed by atoms with van der Waals surface area (Å²) in [6.45, 7) is 1.95. The van der Waals surface area contributed by atoms with Crippen LogP contribution in [-0.2, 0) is 10.2 Å². The Balaban J connectivity index is 1.82. The van der Waals surface area contributed by atoms with Gasteiger partial charge in [-0.3, -0.25) is 4.79 Å². The van der Waals surface area contributed by atoms with Crippen LogP contribution >= 0.6 is 0 Å². The molecule has 4 nitrogen and oxygen atoms in total. The van der Waals surface area contributed by atoms with E-state index in [4.69, 9.17) is 4.74 Å². The zero-order valence-electron chi connectivity index (χ0n) is 13.4. The quantitative estimate of drug-likeness (QED) is 0.898. The molecule has 0 aromatic heterocycles. The van der Waals surface area contributed by atoms with Crippen LogP contribution in [0, 0.1) is 0 Å². The van der Waals surface area contributed by atoms with E-state index >= 15 is 0 Å². The second-order valence-corrected chi connectivity index (χ2v) is 6.54. The average molecular weight is 302 g/mol. The van der Waals surface area contributed by atoms with Crippen LogP contribution in [0.3, 0.4) is 0 Å². The molecule has 0 spiro atoms. The summed E-state index contributed by atoms with van der Waals surface area (Å²) in [5.74, 6) is 1.03. The molecule has 120 valence electrons. The minimum Gasteiger partial charge on any atom is -0.497 e. The molecule has 1 atom stereocenters. The van der Waals surface area contributed by atoms with Crippen LogP contribution in [0.2, 0.25) is 0 Å². The maximum Gasteiger partial charge on any atom is 0.230 e. The molecule has 2 N–H and O–H groups in total. The number of carbonyl (C=O) groups is 1. The van der Waals surface area contributed by atoms with Crippen LogP contribution in [0.1, 0.15) is 44.1 Å². The summed E-state index contributed by atoms with van der Waals surface area (Å²) in [6, 6.07) is 8.30. The van der Waals surface area contributed by atoms with Gasteiger partial charge in [0.15, 0.2) is 0 Å². The van der Waals surface area contributed by atoms with Crippen LogP contribution in [-0.4, -0.2) is 32.1 Å². The van der Waals surface area contributed by atoms with Gasteiger partial charge in [0.2, 0.25) is 5.91 Å². The first-order valence-corrected chi connectivity index (χ1v) is 8.41. The first kappa shape index (κ1) is 15.3. The Hall–Kier alpha value is -1.55. The molecule has 1 aliphatic heterocycles. The van der Waals surface area contributed by atoms with E-state index in [2.05, 4.69) is 16.7 Å². The molecule has 1 heterocycles. The normalized spacial score (nSPS) is 24.0. The third kappa shape index (κ3) is 2.98. The number of benzene rings is 1. The van der Waals surface area contributed by atoms with Crippen molar-refractivity contribution >= 4 is 5.91 Å². The lowest BCUT2D eigenvalue weighted by atomic mass is 9.77. The summed E-state index contributed by atoms with van der Waals surface area (Å²) >= 11 is 0. The van der Waals surface area contributed by atoms with E-state index in [1.807, 2.05) is 18.2 Å². The summed E-state index contributed by atoms with van der Waals surface area (Å²) < 4.78 is 5.35. The molecular weight excluding hydrogens is 276 g/mol. The summed E-state index contributed by atoms with van der Waals surface area (Å²) in [5, 5.41) is 6.66. The lowest BCUT2D eigenvalue weighted by Gasteiger charge is -2.32.